The van der Waals surface area contributed by atoms with Gasteiger partial charge in [0.15, 0.2) is 0 Å². The van der Waals surface area contributed by atoms with E-state index in [-0.39, 0.29) is 6.98 Å². The maximum Gasteiger partial charge on any atom is 0.426 e. The molecule has 0 bridgehead atoms. The molecule has 0 aliphatic carbocycles. The van der Waals surface area contributed by atoms with Gasteiger partial charge in [0.25, 0.3) is 0 Å². The van der Waals surface area contributed by atoms with Crippen LogP contribution in [-0.2, 0) is 0 Å². The molecule has 0 spiro atoms. The van der Waals surface area contributed by atoms with Crippen molar-refractivity contribution in [2.45, 2.75) is 0 Å². The SMILES string of the molecule is c1ccc(-c2ccc(N3c4cc(-n5c6ccccc6c6ccccc65)cc5c4B(n4cc(-c6ccccc6)cc43)n3cc(-c4ccccc4)cc3N5c3ccc(-c4ccccc4)cc3)cc2)cc1. The van der Waals surface area contributed by atoms with Crippen LogP contribution in [0, 0.1) is 0 Å². The zero-order valence-electron chi connectivity index (χ0n) is 37.1. The van der Waals surface area contributed by atoms with Crippen LogP contribution in [0.25, 0.3) is 72.0 Å². The Balaban J connectivity index is 1.09. The highest BCUT2D eigenvalue weighted by atomic mass is 15.3. The number of rotatable bonds is 7. The van der Waals surface area contributed by atoms with Gasteiger partial charge in [0.2, 0.25) is 0 Å². The molecule has 0 radical (unpaired) electrons. The first-order valence-electron chi connectivity index (χ1n) is 23.4. The van der Waals surface area contributed by atoms with Gasteiger partial charge in [-0.25, -0.2) is 0 Å². The third-order valence-electron chi connectivity index (χ3n) is 14.0. The lowest BCUT2D eigenvalue weighted by Gasteiger charge is -2.43. The molecule has 14 rings (SSSR count). The van der Waals surface area contributed by atoms with Crippen molar-refractivity contribution in [2.75, 3.05) is 9.80 Å². The number of hydrogen-bond donors (Lipinski definition) is 0. The predicted octanol–water partition coefficient (Wildman–Crippen LogP) is 15.4. The van der Waals surface area contributed by atoms with E-state index in [9.17, 15) is 0 Å². The highest BCUT2D eigenvalue weighted by Crippen LogP contribution is 2.50. The zero-order valence-corrected chi connectivity index (χ0v) is 37.1. The van der Waals surface area contributed by atoms with Gasteiger partial charge in [0.05, 0.1) is 28.1 Å². The Kier molecular flexibility index (Phi) is 8.61. The summed E-state index contributed by atoms with van der Waals surface area (Å²) in [5.74, 6) is 2.20. The van der Waals surface area contributed by atoms with Crippen molar-refractivity contribution in [2.24, 2.45) is 0 Å². The number of nitrogens with zero attached hydrogens (tertiary/aromatic N) is 5. The second-order valence-electron chi connectivity index (χ2n) is 17.9. The van der Waals surface area contributed by atoms with E-state index < -0.39 is 0 Å². The molecule has 9 aromatic carbocycles. The van der Waals surface area contributed by atoms with Crippen molar-refractivity contribution < 1.29 is 0 Å². The van der Waals surface area contributed by atoms with E-state index in [0.29, 0.717) is 0 Å². The van der Waals surface area contributed by atoms with Crippen LogP contribution in [-0.4, -0.2) is 20.5 Å². The monoisotopic (exact) mass is 867 g/mol. The van der Waals surface area contributed by atoms with Crippen LogP contribution >= 0.6 is 0 Å². The number of hydrogen-bond acceptors (Lipinski definition) is 2. The molecule has 0 saturated carbocycles. The molecule has 6 heteroatoms. The molecule has 5 nitrogen and oxygen atoms in total. The molecule has 0 unspecified atom stereocenters. The molecule has 2 aliphatic heterocycles. The number of para-hydroxylation sites is 2. The van der Waals surface area contributed by atoms with E-state index in [1.54, 1.807) is 0 Å². The standard InChI is InChI=1S/C62H42BN5/c1-5-17-43(18-6-1)47-29-33-51(34-30-47)67-58-39-53(66-56-27-15-13-25-54(56)55-26-14-16-28-57(55)66)40-59-62(58)63(64-41-49(37-60(64)67)45-21-9-3-10-22-45)65-42-50(46-23-11-4-12-24-46)38-61(65)68(59)52-35-31-48(32-36-52)44-19-7-2-8-20-44/h1-42H. The van der Waals surface area contributed by atoms with Gasteiger partial charge in [-0.15, -0.1) is 0 Å². The first-order valence-corrected chi connectivity index (χ1v) is 23.4. The maximum absolute atomic E-state index is 2.51. The molecule has 2 aliphatic rings. The van der Waals surface area contributed by atoms with Crippen molar-refractivity contribution in [1.29, 1.82) is 0 Å². The van der Waals surface area contributed by atoms with Gasteiger partial charge in [0.1, 0.15) is 11.6 Å². The molecule has 0 fully saturated rings. The Morgan fingerprint density at radius 1 is 0.279 bits per heavy atom. The fraction of sp³-hybridized carbons (Fsp3) is 0. The van der Waals surface area contributed by atoms with E-state index in [1.165, 1.54) is 71.8 Å². The lowest BCUT2D eigenvalue weighted by molar-refractivity contribution is 1.00. The fourth-order valence-corrected chi connectivity index (χ4v) is 10.9. The number of anilines is 6. The highest BCUT2D eigenvalue weighted by molar-refractivity contribution is 6.76. The van der Waals surface area contributed by atoms with Crippen LogP contribution in [0.15, 0.2) is 255 Å². The normalized spacial score (nSPS) is 12.6. The predicted molar refractivity (Wildman–Crippen MR) is 284 cm³/mol. The molecule has 0 atom stereocenters. The average molecular weight is 868 g/mol. The molecular formula is C62H42BN5. The zero-order chi connectivity index (χ0) is 44.7. The Morgan fingerprint density at radius 3 is 1.01 bits per heavy atom. The molecule has 12 aromatic rings. The Morgan fingerprint density at radius 2 is 0.618 bits per heavy atom. The summed E-state index contributed by atoms with van der Waals surface area (Å²) in [5.41, 5.74) is 18.5. The third-order valence-corrected chi connectivity index (χ3v) is 14.0. The van der Waals surface area contributed by atoms with Crippen LogP contribution in [0.5, 0.6) is 0 Å². The molecule has 68 heavy (non-hydrogen) atoms. The third kappa shape index (κ3) is 5.97. The smallest absolute Gasteiger partial charge is 0.353 e. The molecule has 0 saturated heterocycles. The molecular weight excluding hydrogens is 826 g/mol. The second kappa shape index (κ2) is 15.3. The minimum Gasteiger partial charge on any atom is -0.353 e. The van der Waals surface area contributed by atoms with Crippen molar-refractivity contribution in [3.8, 4) is 50.2 Å². The highest BCUT2D eigenvalue weighted by Gasteiger charge is 2.45. The Hall–Kier alpha value is -9.00. The van der Waals surface area contributed by atoms with Crippen molar-refractivity contribution in [1.82, 2.24) is 13.5 Å². The number of benzene rings is 9. The summed E-state index contributed by atoms with van der Waals surface area (Å²) in [6, 6.07) is 88.4. The number of fused-ring (bicyclic) bond motifs is 7. The maximum atomic E-state index is 2.51. The van der Waals surface area contributed by atoms with Gasteiger partial charge in [-0.1, -0.05) is 182 Å². The Labute approximate surface area is 395 Å². The van der Waals surface area contributed by atoms with Gasteiger partial charge >= 0.3 is 6.98 Å². The quantitative estimate of drug-likeness (QED) is 0.149. The minimum atomic E-state index is -0.202. The average Bonchev–Trinajstić information content (AvgIpc) is 4.15. The fourth-order valence-electron chi connectivity index (χ4n) is 10.9. The lowest BCUT2D eigenvalue weighted by atomic mass is 9.62. The molecule has 0 N–H and O–H groups in total. The Bertz CT molecular complexity index is 3590. The van der Waals surface area contributed by atoms with Crippen LogP contribution in [0.4, 0.5) is 34.4 Å². The van der Waals surface area contributed by atoms with Gasteiger partial charge in [-0.3, -0.25) is 9.80 Å². The first-order chi connectivity index (χ1) is 33.7. The first kappa shape index (κ1) is 38.3. The van der Waals surface area contributed by atoms with Crippen LogP contribution < -0.4 is 15.3 Å². The van der Waals surface area contributed by atoms with Crippen molar-refractivity contribution >= 4 is 68.6 Å². The van der Waals surface area contributed by atoms with Crippen LogP contribution in [0.2, 0.25) is 0 Å². The van der Waals surface area contributed by atoms with E-state index in [2.05, 4.69) is 278 Å². The second-order valence-corrected chi connectivity index (χ2v) is 17.9. The topological polar surface area (TPSA) is 21.3 Å². The number of aromatic nitrogens is 3. The molecule has 318 valence electrons. The van der Waals surface area contributed by atoms with E-state index >= 15 is 0 Å². The summed E-state index contributed by atoms with van der Waals surface area (Å²) >= 11 is 0. The molecule has 3 aromatic heterocycles. The summed E-state index contributed by atoms with van der Waals surface area (Å²) in [6.07, 6.45) is 4.73. The van der Waals surface area contributed by atoms with Gasteiger partial charge in [-0.05, 0) is 94.0 Å². The largest absolute Gasteiger partial charge is 0.426 e. The van der Waals surface area contributed by atoms with Crippen molar-refractivity contribution in [3.63, 3.8) is 0 Å². The lowest BCUT2D eigenvalue weighted by Crippen LogP contribution is -2.55. The summed E-state index contributed by atoms with van der Waals surface area (Å²) in [6.45, 7) is -0.202. The summed E-state index contributed by atoms with van der Waals surface area (Å²) in [5, 5.41) is 2.47. The van der Waals surface area contributed by atoms with Crippen molar-refractivity contribution in [3.05, 3.63) is 255 Å². The van der Waals surface area contributed by atoms with Gasteiger partial charge in [0, 0.05) is 51.1 Å². The van der Waals surface area contributed by atoms with Gasteiger partial charge in [-0.2, -0.15) is 0 Å². The van der Waals surface area contributed by atoms with E-state index in [4.69, 9.17) is 0 Å². The molecule has 0 amide bonds. The van der Waals surface area contributed by atoms with Crippen LogP contribution in [0.1, 0.15) is 0 Å². The van der Waals surface area contributed by atoms with Gasteiger partial charge < -0.3 is 13.5 Å². The minimum absolute atomic E-state index is 0.202. The summed E-state index contributed by atoms with van der Waals surface area (Å²) < 4.78 is 7.48. The summed E-state index contributed by atoms with van der Waals surface area (Å²) in [4.78, 5) is 4.99. The van der Waals surface area contributed by atoms with E-state index in [1.807, 2.05) is 0 Å². The summed E-state index contributed by atoms with van der Waals surface area (Å²) in [7, 11) is 0. The molecule has 5 heterocycles. The van der Waals surface area contributed by atoms with Crippen LogP contribution in [0.3, 0.4) is 0 Å². The van der Waals surface area contributed by atoms with E-state index in [0.717, 1.165) is 40.1 Å².